The van der Waals surface area contributed by atoms with Gasteiger partial charge in [0.1, 0.15) is 5.69 Å². The fourth-order valence-electron chi connectivity index (χ4n) is 2.28. The molecule has 108 valence electrons. The van der Waals surface area contributed by atoms with Crippen molar-refractivity contribution >= 4 is 17.3 Å². The number of benzene rings is 1. The molecule has 1 aromatic rings. The average Bonchev–Trinajstić information content (AvgIpc) is 2.86. The third-order valence-corrected chi connectivity index (χ3v) is 3.25. The predicted molar refractivity (Wildman–Crippen MR) is 65.3 cm³/mol. The number of halogens is 2. The Hall–Kier alpha value is -2.25. The molecule has 0 radical (unpaired) electrons. The Kier molecular flexibility index (Phi) is 3.82. The van der Waals surface area contributed by atoms with Crippen molar-refractivity contribution in [2.75, 3.05) is 25.1 Å². The summed E-state index contributed by atoms with van der Waals surface area (Å²) in [5.74, 6) is -2.91. The molecule has 0 bridgehead atoms. The molecule has 6 nitrogen and oxygen atoms in total. The minimum Gasteiger partial charge on any atom is -0.469 e. The van der Waals surface area contributed by atoms with Crippen LogP contribution in [0.3, 0.4) is 0 Å². The van der Waals surface area contributed by atoms with Crippen molar-refractivity contribution < 1.29 is 23.2 Å². The summed E-state index contributed by atoms with van der Waals surface area (Å²) in [4.78, 5) is 22.4. The lowest BCUT2D eigenvalue weighted by molar-refractivity contribution is -0.385. The van der Waals surface area contributed by atoms with Gasteiger partial charge in [0.2, 0.25) is 0 Å². The molecule has 1 aromatic carbocycles. The van der Waals surface area contributed by atoms with Gasteiger partial charge in [-0.1, -0.05) is 0 Å². The van der Waals surface area contributed by atoms with Crippen molar-refractivity contribution in [3.8, 4) is 0 Å². The molecule has 1 atom stereocenters. The number of nitro benzene ring substituents is 1. The minimum atomic E-state index is -1.01. The lowest BCUT2D eigenvalue weighted by Crippen LogP contribution is -2.25. The number of methoxy groups -OCH3 is 1. The Balaban J connectivity index is 2.26. The number of ether oxygens (including phenoxy) is 1. The number of anilines is 1. The highest BCUT2D eigenvalue weighted by atomic mass is 19.1. The zero-order valence-corrected chi connectivity index (χ0v) is 10.6. The lowest BCUT2D eigenvalue weighted by Gasteiger charge is -2.19. The molecule has 20 heavy (non-hydrogen) atoms. The van der Waals surface area contributed by atoms with Crippen molar-refractivity contribution in [2.45, 2.75) is 6.42 Å². The SMILES string of the molecule is COC(=O)C1CCN(c2c(F)cc([N+](=O)[O-])cc2F)C1. The highest BCUT2D eigenvalue weighted by Crippen LogP contribution is 2.32. The van der Waals surface area contributed by atoms with Crippen LogP contribution in [-0.4, -0.2) is 31.1 Å². The van der Waals surface area contributed by atoms with Crippen LogP contribution < -0.4 is 4.90 Å². The van der Waals surface area contributed by atoms with Crippen molar-refractivity contribution in [3.63, 3.8) is 0 Å². The third kappa shape index (κ3) is 2.54. The summed E-state index contributed by atoms with van der Waals surface area (Å²) in [6.45, 7) is 0.406. The van der Waals surface area contributed by atoms with Crippen LogP contribution >= 0.6 is 0 Å². The molecule has 1 aliphatic heterocycles. The number of rotatable bonds is 3. The van der Waals surface area contributed by atoms with E-state index < -0.39 is 34.1 Å². The van der Waals surface area contributed by atoms with Gasteiger partial charge in [0.05, 0.1) is 30.1 Å². The number of hydrogen-bond donors (Lipinski definition) is 0. The van der Waals surface area contributed by atoms with Crippen molar-refractivity contribution in [1.82, 2.24) is 0 Å². The number of non-ortho nitro benzene ring substituents is 1. The Labute approximate surface area is 113 Å². The molecule has 1 heterocycles. The van der Waals surface area contributed by atoms with E-state index in [2.05, 4.69) is 4.74 Å². The van der Waals surface area contributed by atoms with Gasteiger partial charge < -0.3 is 9.64 Å². The van der Waals surface area contributed by atoms with Crippen LogP contribution in [0.2, 0.25) is 0 Å². The van der Waals surface area contributed by atoms with Crippen molar-refractivity contribution in [3.05, 3.63) is 33.9 Å². The molecule has 1 unspecified atom stereocenters. The van der Waals surface area contributed by atoms with Gasteiger partial charge in [0.25, 0.3) is 5.69 Å². The monoisotopic (exact) mass is 286 g/mol. The molecule has 2 rings (SSSR count). The van der Waals surface area contributed by atoms with E-state index in [4.69, 9.17) is 0 Å². The largest absolute Gasteiger partial charge is 0.469 e. The minimum absolute atomic E-state index is 0.123. The van der Waals surface area contributed by atoms with E-state index in [9.17, 15) is 23.7 Å². The maximum Gasteiger partial charge on any atom is 0.310 e. The van der Waals surface area contributed by atoms with Crippen LogP contribution in [0.4, 0.5) is 20.2 Å². The number of hydrogen-bond acceptors (Lipinski definition) is 5. The van der Waals surface area contributed by atoms with E-state index >= 15 is 0 Å². The van der Waals surface area contributed by atoms with E-state index in [0.29, 0.717) is 18.6 Å². The smallest absolute Gasteiger partial charge is 0.310 e. The summed E-state index contributed by atoms with van der Waals surface area (Å²) in [5.41, 5.74) is -0.991. The van der Waals surface area contributed by atoms with Crippen molar-refractivity contribution in [2.24, 2.45) is 5.92 Å². The summed E-state index contributed by atoms with van der Waals surface area (Å²) < 4.78 is 32.2. The second-order valence-electron chi connectivity index (χ2n) is 4.47. The Morgan fingerprint density at radius 1 is 1.45 bits per heavy atom. The highest BCUT2D eigenvalue weighted by molar-refractivity contribution is 5.74. The summed E-state index contributed by atoms with van der Waals surface area (Å²) in [7, 11) is 1.25. The molecule has 0 amide bonds. The molecule has 0 aromatic heterocycles. The Bertz CT molecular complexity index is 541. The second-order valence-corrected chi connectivity index (χ2v) is 4.47. The number of nitrogens with zero attached hydrogens (tertiary/aromatic N) is 2. The molecule has 1 fully saturated rings. The van der Waals surface area contributed by atoms with Crippen LogP contribution in [0.25, 0.3) is 0 Å². The topological polar surface area (TPSA) is 72.7 Å². The molecule has 0 saturated carbocycles. The fourth-order valence-corrected chi connectivity index (χ4v) is 2.28. The second kappa shape index (κ2) is 5.40. The van der Waals surface area contributed by atoms with Crippen LogP contribution in [0.1, 0.15) is 6.42 Å². The number of esters is 1. The summed E-state index contributed by atoms with van der Waals surface area (Å²) in [6.07, 6.45) is 0.419. The lowest BCUT2D eigenvalue weighted by atomic mass is 10.1. The maximum atomic E-state index is 13.8. The molecule has 0 aliphatic carbocycles. The molecule has 1 saturated heterocycles. The van der Waals surface area contributed by atoms with E-state index in [-0.39, 0.29) is 18.8 Å². The first-order chi connectivity index (χ1) is 9.43. The molecule has 0 spiro atoms. The summed E-state index contributed by atoms with van der Waals surface area (Å²) in [5, 5.41) is 10.5. The van der Waals surface area contributed by atoms with Gasteiger partial charge in [0, 0.05) is 13.1 Å². The van der Waals surface area contributed by atoms with Crippen LogP contribution in [0.5, 0.6) is 0 Å². The first-order valence-corrected chi connectivity index (χ1v) is 5.90. The quantitative estimate of drug-likeness (QED) is 0.482. The molecule has 0 N–H and O–H groups in total. The highest BCUT2D eigenvalue weighted by Gasteiger charge is 2.32. The summed E-state index contributed by atoms with van der Waals surface area (Å²) >= 11 is 0. The zero-order chi connectivity index (χ0) is 14.9. The molecule has 1 aliphatic rings. The third-order valence-electron chi connectivity index (χ3n) is 3.25. The van der Waals surface area contributed by atoms with Crippen molar-refractivity contribution in [1.29, 1.82) is 0 Å². The number of carbonyl (C=O) groups is 1. The predicted octanol–water partition coefficient (Wildman–Crippen LogP) is 1.87. The number of carbonyl (C=O) groups excluding carboxylic acids is 1. The number of nitro groups is 1. The van der Waals surface area contributed by atoms with Crippen LogP contribution in [0, 0.1) is 27.7 Å². The average molecular weight is 286 g/mol. The Morgan fingerprint density at radius 3 is 2.55 bits per heavy atom. The van der Waals surface area contributed by atoms with E-state index in [1.54, 1.807) is 0 Å². The van der Waals surface area contributed by atoms with Crippen LogP contribution in [0.15, 0.2) is 12.1 Å². The van der Waals surface area contributed by atoms with Gasteiger partial charge in [-0.2, -0.15) is 0 Å². The normalized spacial score (nSPS) is 18.1. The zero-order valence-electron chi connectivity index (χ0n) is 10.6. The Morgan fingerprint density at radius 2 is 2.05 bits per heavy atom. The van der Waals surface area contributed by atoms with Gasteiger partial charge in [-0.15, -0.1) is 0 Å². The van der Waals surface area contributed by atoms with Gasteiger partial charge in [-0.25, -0.2) is 8.78 Å². The molecular formula is C12H12F2N2O4. The molecular weight excluding hydrogens is 274 g/mol. The van der Waals surface area contributed by atoms with Gasteiger partial charge in [0.15, 0.2) is 11.6 Å². The summed E-state index contributed by atoms with van der Waals surface area (Å²) in [6, 6.07) is 1.34. The van der Waals surface area contributed by atoms with E-state index in [1.165, 1.54) is 12.0 Å². The van der Waals surface area contributed by atoms with E-state index in [0.717, 1.165) is 0 Å². The fraction of sp³-hybridized carbons (Fsp3) is 0.417. The van der Waals surface area contributed by atoms with Gasteiger partial charge in [-0.3, -0.25) is 14.9 Å². The van der Waals surface area contributed by atoms with E-state index in [1.807, 2.05) is 0 Å². The molecule has 8 heteroatoms. The first kappa shape index (κ1) is 14.2. The standard InChI is InChI=1S/C12H12F2N2O4/c1-20-12(17)7-2-3-15(6-7)11-9(13)4-8(16(18)19)5-10(11)14/h4-5,7H,2-3,6H2,1H3. The van der Waals surface area contributed by atoms with Crippen LogP contribution in [-0.2, 0) is 9.53 Å². The first-order valence-electron chi connectivity index (χ1n) is 5.90. The van der Waals surface area contributed by atoms with Gasteiger partial charge >= 0.3 is 5.97 Å². The van der Waals surface area contributed by atoms with Gasteiger partial charge in [-0.05, 0) is 6.42 Å². The maximum absolute atomic E-state index is 13.8.